The Morgan fingerprint density at radius 1 is 0.556 bits per heavy atom. The molecule has 0 aliphatic heterocycles. The summed E-state index contributed by atoms with van der Waals surface area (Å²) in [4.78, 5) is 23.2. The van der Waals surface area contributed by atoms with Gasteiger partial charge in [-0.2, -0.15) is 0 Å². The lowest BCUT2D eigenvalue weighted by Gasteiger charge is -2.26. The number of phosphoric ester groups is 1. The van der Waals surface area contributed by atoms with Crippen molar-refractivity contribution >= 4 is 13.7 Å². The minimum Gasteiger partial charge on any atom is -0.391 e. The molecule has 0 fully saturated rings. The molecule has 0 aromatic rings. The molecule has 0 spiro atoms. The third kappa shape index (κ3) is 47.5. The van der Waals surface area contributed by atoms with Crippen LogP contribution in [0, 0.1) is 0 Å². The van der Waals surface area contributed by atoms with Crippen LogP contribution in [0.15, 0.2) is 85.1 Å². The maximum Gasteiger partial charge on any atom is 0.472 e. The number of carbonyl (C=O) groups is 1. The van der Waals surface area contributed by atoms with Gasteiger partial charge in [0.25, 0.3) is 0 Å². The van der Waals surface area contributed by atoms with Gasteiger partial charge in [-0.3, -0.25) is 13.8 Å². The monoisotopic (exact) mass is 902 g/mol. The van der Waals surface area contributed by atoms with E-state index >= 15 is 0 Å². The van der Waals surface area contributed by atoms with Gasteiger partial charge in [-0.15, -0.1) is 0 Å². The maximum atomic E-state index is 12.9. The van der Waals surface area contributed by atoms with E-state index < -0.39 is 20.0 Å². The Labute approximate surface area is 388 Å². The fourth-order valence-corrected chi connectivity index (χ4v) is 7.65. The second-order valence-corrected chi connectivity index (χ2v) is 19.6. The molecule has 8 nitrogen and oxygen atoms in total. The second-order valence-electron chi connectivity index (χ2n) is 18.2. The van der Waals surface area contributed by atoms with Crippen molar-refractivity contribution in [3.05, 3.63) is 85.1 Å². The van der Waals surface area contributed by atoms with E-state index in [1.165, 1.54) is 96.3 Å². The lowest BCUT2D eigenvalue weighted by Crippen LogP contribution is -2.46. The van der Waals surface area contributed by atoms with Crippen LogP contribution in [-0.2, 0) is 18.4 Å². The molecule has 364 valence electrons. The third-order valence-electron chi connectivity index (χ3n) is 10.9. The summed E-state index contributed by atoms with van der Waals surface area (Å²) < 4.78 is 23.7. The van der Waals surface area contributed by atoms with Crippen LogP contribution >= 0.6 is 7.82 Å². The van der Waals surface area contributed by atoms with Crippen molar-refractivity contribution in [1.29, 1.82) is 0 Å². The van der Waals surface area contributed by atoms with Crippen LogP contribution in [0.5, 0.6) is 0 Å². The first-order valence-corrected chi connectivity index (χ1v) is 26.9. The number of hydrogen-bond donors (Lipinski definition) is 3. The summed E-state index contributed by atoms with van der Waals surface area (Å²) in [5.41, 5.74) is 0. The molecule has 0 aromatic heterocycles. The first-order valence-electron chi connectivity index (χ1n) is 25.5. The molecule has 0 radical (unpaired) electrons. The Morgan fingerprint density at radius 2 is 0.937 bits per heavy atom. The number of nitrogens with one attached hydrogen (secondary N) is 1. The Kier molecular flexibility index (Phi) is 43.2. The zero-order valence-electron chi connectivity index (χ0n) is 41.3. The van der Waals surface area contributed by atoms with Gasteiger partial charge in [-0.25, -0.2) is 4.57 Å². The predicted octanol–water partition coefficient (Wildman–Crippen LogP) is 14.9. The van der Waals surface area contributed by atoms with Gasteiger partial charge in [0.1, 0.15) is 13.2 Å². The van der Waals surface area contributed by atoms with Gasteiger partial charge in [0.2, 0.25) is 5.91 Å². The van der Waals surface area contributed by atoms with Crippen molar-refractivity contribution in [2.75, 3.05) is 40.9 Å². The minimum atomic E-state index is -4.34. The molecule has 9 heteroatoms. The molecule has 3 atom stereocenters. The molecule has 63 heavy (non-hydrogen) atoms. The van der Waals surface area contributed by atoms with E-state index in [4.69, 9.17) is 9.05 Å². The summed E-state index contributed by atoms with van der Waals surface area (Å²) in [5.74, 6) is -0.204. The molecule has 0 saturated carbocycles. The smallest absolute Gasteiger partial charge is 0.391 e. The van der Waals surface area contributed by atoms with Crippen LogP contribution in [0.4, 0.5) is 0 Å². The van der Waals surface area contributed by atoms with Gasteiger partial charge in [0, 0.05) is 6.42 Å². The zero-order valence-corrected chi connectivity index (χ0v) is 42.2. The number of amides is 1. The predicted molar refractivity (Wildman–Crippen MR) is 272 cm³/mol. The molecule has 0 bridgehead atoms. The maximum absolute atomic E-state index is 12.9. The average molecular weight is 902 g/mol. The number of carbonyl (C=O) groups excluding carboxylic acids is 1. The number of aliphatic hydroxyl groups excluding tert-OH is 1. The fourth-order valence-electron chi connectivity index (χ4n) is 6.92. The largest absolute Gasteiger partial charge is 0.472 e. The summed E-state index contributed by atoms with van der Waals surface area (Å²) in [6.45, 7) is 4.73. The zero-order chi connectivity index (χ0) is 46.4. The van der Waals surface area contributed by atoms with E-state index in [0.29, 0.717) is 30.3 Å². The number of quaternary nitrogens is 1. The number of likely N-dealkylation sites (N-methyl/N-ethyl adjacent to an activating group) is 1. The highest BCUT2D eigenvalue weighted by Crippen LogP contribution is 2.43. The van der Waals surface area contributed by atoms with Crippen molar-refractivity contribution < 1.29 is 32.9 Å². The highest BCUT2D eigenvalue weighted by atomic mass is 31.2. The van der Waals surface area contributed by atoms with E-state index in [0.717, 1.165) is 70.6 Å². The number of nitrogens with zero attached hydrogens (tertiary/aromatic N) is 1. The van der Waals surface area contributed by atoms with E-state index in [2.05, 4.69) is 104 Å². The first-order chi connectivity index (χ1) is 30.5. The minimum absolute atomic E-state index is 0.0593. The summed E-state index contributed by atoms with van der Waals surface area (Å²) in [6, 6.07) is -0.797. The number of rotatable bonds is 45. The average Bonchev–Trinajstić information content (AvgIpc) is 3.24. The molecule has 0 heterocycles. The summed E-state index contributed by atoms with van der Waals surface area (Å²) in [7, 11) is 1.57. The van der Waals surface area contributed by atoms with Gasteiger partial charge < -0.3 is 19.8 Å². The summed E-state index contributed by atoms with van der Waals surface area (Å²) in [6.07, 6.45) is 62.0. The number of phosphoric acid groups is 1. The molecular weight excluding hydrogens is 804 g/mol. The Bertz CT molecular complexity index is 1300. The Hall–Kier alpha value is -2.32. The van der Waals surface area contributed by atoms with Crippen LogP contribution in [0.1, 0.15) is 200 Å². The highest BCUT2D eigenvalue weighted by Gasteiger charge is 2.28. The quantitative estimate of drug-likeness (QED) is 0.0243. The number of allylic oxidation sites excluding steroid dienone is 14. The number of hydrogen-bond acceptors (Lipinski definition) is 5. The van der Waals surface area contributed by atoms with Gasteiger partial charge >= 0.3 is 7.82 Å². The van der Waals surface area contributed by atoms with Crippen LogP contribution in [-0.4, -0.2) is 73.4 Å². The molecule has 3 unspecified atom stereocenters. The highest BCUT2D eigenvalue weighted by molar-refractivity contribution is 7.47. The van der Waals surface area contributed by atoms with Gasteiger partial charge in [-0.05, 0) is 64.2 Å². The fraction of sp³-hybridized carbons (Fsp3) is 0.722. The van der Waals surface area contributed by atoms with E-state index in [-0.39, 0.29) is 19.1 Å². The van der Waals surface area contributed by atoms with E-state index in [1.807, 2.05) is 21.1 Å². The SMILES string of the molecule is CC/C=C\C/C=C\C/C=C\C/C=C\C/C=C\C/C=C\C/C=C\CCCC(=O)NC(COP(=O)(O)OCC[N+](C)(C)C)C(O)CCCCCCCCCCCCCCCCCCCC. The topological polar surface area (TPSA) is 105 Å². The van der Waals surface area contributed by atoms with Crippen molar-refractivity contribution in [2.45, 2.75) is 212 Å². The lowest BCUT2D eigenvalue weighted by molar-refractivity contribution is -0.870. The van der Waals surface area contributed by atoms with Gasteiger partial charge in [-0.1, -0.05) is 214 Å². The van der Waals surface area contributed by atoms with Crippen molar-refractivity contribution in [1.82, 2.24) is 5.32 Å². The van der Waals surface area contributed by atoms with E-state index in [1.54, 1.807) is 0 Å². The summed E-state index contributed by atoms with van der Waals surface area (Å²) >= 11 is 0. The molecule has 1 amide bonds. The van der Waals surface area contributed by atoms with Crippen molar-refractivity contribution in [3.63, 3.8) is 0 Å². The van der Waals surface area contributed by atoms with Crippen LogP contribution in [0.3, 0.4) is 0 Å². The van der Waals surface area contributed by atoms with Crippen LogP contribution < -0.4 is 5.32 Å². The lowest BCUT2D eigenvalue weighted by atomic mass is 10.0. The third-order valence-corrected chi connectivity index (χ3v) is 11.9. The molecular formula is C54H98N2O6P+. The molecule has 0 aliphatic carbocycles. The summed E-state index contributed by atoms with van der Waals surface area (Å²) in [5, 5.41) is 14.0. The first kappa shape index (κ1) is 60.7. The number of aliphatic hydroxyl groups is 1. The van der Waals surface area contributed by atoms with Gasteiger partial charge in [0.05, 0.1) is 39.9 Å². The van der Waals surface area contributed by atoms with Gasteiger partial charge in [0.15, 0.2) is 0 Å². The normalized spacial score (nSPS) is 14.8. The van der Waals surface area contributed by atoms with Crippen molar-refractivity contribution in [2.24, 2.45) is 0 Å². The van der Waals surface area contributed by atoms with Crippen LogP contribution in [0.25, 0.3) is 0 Å². The molecule has 0 aliphatic rings. The standard InChI is InChI=1S/C54H97N2O6P/c1-6-8-10-12-14-16-18-20-22-24-26-27-28-29-30-32-34-36-38-40-42-44-46-48-54(58)55-52(51-62-63(59,60)61-50-49-56(3,4)5)53(57)47-45-43-41-39-37-35-33-31-25-23-21-19-17-15-13-11-9-7-2/h8,10,14,16,20,22,26-27,29-30,34,36,40,42,52-53,57H,6-7,9,11-13,15,17-19,21,23-25,28,31-33,35,37-39,41,43-51H2,1-5H3,(H-,55,58,59,60)/p+1/b10-8-,16-14-,22-20-,27-26-,30-29-,36-34-,42-40-. The Morgan fingerprint density at radius 3 is 1.33 bits per heavy atom. The van der Waals surface area contributed by atoms with Crippen molar-refractivity contribution in [3.8, 4) is 0 Å². The molecule has 0 saturated heterocycles. The van der Waals surface area contributed by atoms with Crippen LogP contribution in [0.2, 0.25) is 0 Å². The molecule has 0 aromatic carbocycles. The van der Waals surface area contributed by atoms with E-state index in [9.17, 15) is 19.4 Å². The second kappa shape index (κ2) is 44.9. The Balaban J connectivity index is 4.41. The molecule has 0 rings (SSSR count). The molecule has 3 N–H and O–H groups in total. The number of unbranched alkanes of at least 4 members (excludes halogenated alkanes) is 18.